The fourth-order valence-corrected chi connectivity index (χ4v) is 3.01. The summed E-state index contributed by atoms with van der Waals surface area (Å²) in [4.78, 5) is 22.2. The summed E-state index contributed by atoms with van der Waals surface area (Å²) in [6.45, 7) is 0. The molecule has 0 radical (unpaired) electrons. The molecule has 3 heterocycles. The van der Waals surface area contributed by atoms with Gasteiger partial charge in [0.2, 0.25) is 5.91 Å². The number of fused-ring (bicyclic) bond motifs is 1. The van der Waals surface area contributed by atoms with Crippen LogP contribution in [0.5, 0.6) is 11.5 Å². The van der Waals surface area contributed by atoms with E-state index in [1.54, 1.807) is 42.1 Å². The Balaban J connectivity index is 1.63. The van der Waals surface area contributed by atoms with E-state index < -0.39 is 0 Å². The molecule has 140 valence electrons. The third-order valence-electron chi connectivity index (χ3n) is 4.44. The predicted octanol–water partition coefficient (Wildman–Crippen LogP) is 2.57. The molecule has 1 aliphatic rings. The van der Waals surface area contributed by atoms with Crippen LogP contribution in [-0.4, -0.2) is 39.6 Å². The molecule has 3 aromatic rings. The van der Waals surface area contributed by atoms with Crippen molar-refractivity contribution in [3.05, 3.63) is 29.8 Å². The van der Waals surface area contributed by atoms with E-state index in [9.17, 15) is 4.79 Å². The van der Waals surface area contributed by atoms with Crippen LogP contribution >= 0.6 is 11.6 Å². The number of aromatic nitrogens is 4. The number of hydrogen-bond acceptors (Lipinski definition) is 7. The lowest BCUT2D eigenvalue weighted by molar-refractivity contribution is -0.119. The number of rotatable bonds is 5. The highest BCUT2D eigenvalue weighted by Crippen LogP contribution is 2.38. The molecule has 0 aliphatic heterocycles. The van der Waals surface area contributed by atoms with Crippen molar-refractivity contribution in [2.75, 3.05) is 30.0 Å². The second-order valence-electron chi connectivity index (χ2n) is 6.30. The number of amides is 1. The van der Waals surface area contributed by atoms with Gasteiger partial charge in [-0.15, -0.1) is 0 Å². The van der Waals surface area contributed by atoms with Crippen molar-refractivity contribution in [2.24, 2.45) is 5.92 Å². The van der Waals surface area contributed by atoms with Gasteiger partial charge in [0.1, 0.15) is 16.4 Å². The number of carbonyl (C=O) groups excluding carboxylic acids is 1. The molecule has 10 heteroatoms. The van der Waals surface area contributed by atoms with Crippen LogP contribution in [0, 0.1) is 5.92 Å². The Hall–Kier alpha value is -3.07. The van der Waals surface area contributed by atoms with Crippen LogP contribution in [0.3, 0.4) is 0 Å². The number of ether oxygens (including phenoxy) is 1. The van der Waals surface area contributed by atoms with Gasteiger partial charge in [-0.3, -0.25) is 9.69 Å². The van der Waals surface area contributed by atoms with Gasteiger partial charge in [-0.25, -0.2) is 14.5 Å². The fraction of sp³-hybridized carbons (Fsp3) is 0.294. The minimum Gasteiger partial charge on any atom is -0.450 e. The van der Waals surface area contributed by atoms with Crippen molar-refractivity contribution < 1.29 is 9.53 Å². The van der Waals surface area contributed by atoms with Gasteiger partial charge < -0.3 is 15.8 Å². The van der Waals surface area contributed by atoms with Crippen LogP contribution in [0.25, 0.3) is 5.52 Å². The first kappa shape index (κ1) is 17.3. The van der Waals surface area contributed by atoms with E-state index in [2.05, 4.69) is 20.4 Å². The van der Waals surface area contributed by atoms with Gasteiger partial charge in [-0.2, -0.15) is 5.10 Å². The van der Waals surface area contributed by atoms with E-state index in [-0.39, 0.29) is 17.6 Å². The van der Waals surface area contributed by atoms with Crippen molar-refractivity contribution in [3.8, 4) is 11.5 Å². The summed E-state index contributed by atoms with van der Waals surface area (Å²) in [5, 5.41) is 7.50. The Bertz CT molecular complexity index is 1030. The van der Waals surface area contributed by atoms with Gasteiger partial charge >= 0.3 is 0 Å². The number of nitrogens with one attached hydrogen (secondary N) is 1. The lowest BCUT2D eigenvalue weighted by Gasteiger charge is -2.15. The molecular weight excluding hydrogens is 370 g/mol. The van der Waals surface area contributed by atoms with Crippen molar-refractivity contribution in [2.45, 2.75) is 12.8 Å². The second kappa shape index (κ2) is 6.58. The number of nitrogen functional groups attached to an aromatic ring is 1. The molecule has 3 N–H and O–H groups in total. The van der Waals surface area contributed by atoms with Crippen LogP contribution in [0.2, 0.25) is 5.02 Å². The molecule has 0 spiro atoms. The summed E-state index contributed by atoms with van der Waals surface area (Å²) in [5.41, 5.74) is 6.91. The summed E-state index contributed by atoms with van der Waals surface area (Å²) in [7, 11) is 3.41. The summed E-state index contributed by atoms with van der Waals surface area (Å²) in [6.07, 6.45) is 8.17. The Kier molecular flexibility index (Phi) is 4.23. The Morgan fingerprint density at radius 2 is 2.11 bits per heavy atom. The quantitative estimate of drug-likeness (QED) is 0.692. The molecule has 27 heavy (non-hydrogen) atoms. The predicted molar refractivity (Wildman–Crippen MR) is 102 cm³/mol. The van der Waals surface area contributed by atoms with Crippen LogP contribution < -0.4 is 20.7 Å². The Morgan fingerprint density at radius 1 is 1.33 bits per heavy atom. The highest BCUT2D eigenvalue weighted by molar-refractivity contribution is 6.35. The number of halogens is 1. The van der Waals surface area contributed by atoms with E-state index in [0.717, 1.165) is 12.8 Å². The molecular formula is C17H18ClN7O2. The summed E-state index contributed by atoms with van der Waals surface area (Å²) < 4.78 is 7.47. The van der Waals surface area contributed by atoms with E-state index in [1.807, 2.05) is 0 Å². The first-order valence-corrected chi connectivity index (χ1v) is 8.78. The van der Waals surface area contributed by atoms with Gasteiger partial charge in [-0.05, 0) is 12.8 Å². The van der Waals surface area contributed by atoms with Gasteiger partial charge in [0.15, 0.2) is 17.3 Å². The molecule has 1 saturated carbocycles. The molecule has 0 bridgehead atoms. The van der Waals surface area contributed by atoms with Crippen LogP contribution in [0.15, 0.2) is 24.8 Å². The minimum atomic E-state index is 0.0739. The number of carbonyl (C=O) groups is 1. The standard InChI is InChI=1S/C17H18ClN7O2/c1-20-15-14(18)12(6-22-16(15)19)27-11-7-23-25-8-13(21-5-10(11)25)24(2)17(26)9-3-4-9/h5-9,20H,3-4H2,1-2H3,(H2,19,22). The van der Waals surface area contributed by atoms with Crippen molar-refractivity contribution >= 4 is 40.3 Å². The third kappa shape index (κ3) is 3.10. The molecule has 0 saturated heterocycles. The topological polar surface area (TPSA) is 111 Å². The Labute approximate surface area is 160 Å². The highest BCUT2D eigenvalue weighted by Gasteiger charge is 2.33. The van der Waals surface area contributed by atoms with E-state index in [1.165, 1.54) is 6.20 Å². The highest BCUT2D eigenvalue weighted by atomic mass is 35.5. The maximum atomic E-state index is 12.2. The normalized spacial score (nSPS) is 13.6. The number of nitrogens with two attached hydrogens (primary N) is 1. The zero-order valence-corrected chi connectivity index (χ0v) is 15.6. The molecule has 3 aromatic heterocycles. The van der Waals surface area contributed by atoms with Gasteiger partial charge in [0, 0.05) is 20.0 Å². The molecule has 9 nitrogen and oxygen atoms in total. The lowest BCUT2D eigenvalue weighted by Crippen LogP contribution is -2.28. The van der Waals surface area contributed by atoms with Gasteiger partial charge in [-0.1, -0.05) is 11.6 Å². The molecule has 0 atom stereocenters. The molecule has 0 unspecified atom stereocenters. The molecule has 0 aromatic carbocycles. The lowest BCUT2D eigenvalue weighted by atomic mass is 10.3. The number of hydrogen-bond donors (Lipinski definition) is 2. The maximum absolute atomic E-state index is 12.2. The summed E-state index contributed by atoms with van der Waals surface area (Å²) in [6, 6.07) is 0. The maximum Gasteiger partial charge on any atom is 0.231 e. The summed E-state index contributed by atoms with van der Waals surface area (Å²) in [5.74, 6) is 1.80. The van der Waals surface area contributed by atoms with Crippen LogP contribution in [0.1, 0.15) is 12.8 Å². The molecule has 1 fully saturated rings. The first-order chi connectivity index (χ1) is 13.0. The third-order valence-corrected chi connectivity index (χ3v) is 4.81. The molecule has 4 rings (SSSR count). The molecule has 1 amide bonds. The second-order valence-corrected chi connectivity index (χ2v) is 6.68. The largest absolute Gasteiger partial charge is 0.450 e. The zero-order chi connectivity index (χ0) is 19.1. The number of pyridine rings is 1. The van der Waals surface area contributed by atoms with Crippen LogP contribution in [-0.2, 0) is 4.79 Å². The first-order valence-electron chi connectivity index (χ1n) is 8.40. The zero-order valence-electron chi connectivity index (χ0n) is 14.8. The van der Waals surface area contributed by atoms with E-state index >= 15 is 0 Å². The van der Waals surface area contributed by atoms with E-state index in [4.69, 9.17) is 22.1 Å². The van der Waals surface area contributed by atoms with E-state index in [0.29, 0.717) is 33.5 Å². The SMILES string of the molecule is CNc1c(N)ncc(Oc2cnn3cc(N(C)C(=O)C4CC4)ncc23)c1Cl. The van der Waals surface area contributed by atoms with Crippen molar-refractivity contribution in [1.29, 1.82) is 0 Å². The van der Waals surface area contributed by atoms with Crippen molar-refractivity contribution in [3.63, 3.8) is 0 Å². The van der Waals surface area contributed by atoms with Crippen LogP contribution in [0.4, 0.5) is 17.3 Å². The average Bonchev–Trinajstić information content (AvgIpc) is 3.45. The number of anilines is 3. The smallest absolute Gasteiger partial charge is 0.231 e. The Morgan fingerprint density at radius 3 is 2.81 bits per heavy atom. The number of nitrogens with zero attached hydrogens (tertiary/aromatic N) is 5. The van der Waals surface area contributed by atoms with Gasteiger partial charge in [0.25, 0.3) is 0 Å². The van der Waals surface area contributed by atoms with Gasteiger partial charge in [0.05, 0.1) is 30.5 Å². The van der Waals surface area contributed by atoms with Crippen molar-refractivity contribution in [1.82, 2.24) is 19.6 Å². The summed E-state index contributed by atoms with van der Waals surface area (Å²) >= 11 is 6.32. The average molecular weight is 388 g/mol. The fourth-order valence-electron chi connectivity index (χ4n) is 2.73. The monoisotopic (exact) mass is 387 g/mol. The molecule has 1 aliphatic carbocycles. The minimum absolute atomic E-state index is 0.0739.